The highest BCUT2D eigenvalue weighted by molar-refractivity contribution is 5.81. The van der Waals surface area contributed by atoms with Gasteiger partial charge in [0.25, 0.3) is 0 Å². The third-order valence-electron chi connectivity index (χ3n) is 3.60. The summed E-state index contributed by atoms with van der Waals surface area (Å²) in [5.41, 5.74) is 5.82. The molecule has 1 aliphatic heterocycles. The molecule has 2 N–H and O–H groups in total. The quantitative estimate of drug-likeness (QED) is 0.836. The highest BCUT2D eigenvalue weighted by atomic mass is 16.2. The molecule has 1 aromatic heterocycles. The SMILES string of the molecule is CC[C@@H](N)C(=O)N1CCCC(c2nncn2C)C1. The molecule has 1 saturated heterocycles. The number of hydrogen-bond donors (Lipinski definition) is 1. The van der Waals surface area contributed by atoms with Crippen molar-refractivity contribution in [3.8, 4) is 0 Å². The van der Waals surface area contributed by atoms with Gasteiger partial charge in [-0.25, -0.2) is 0 Å². The van der Waals surface area contributed by atoms with Crippen molar-refractivity contribution >= 4 is 5.91 Å². The van der Waals surface area contributed by atoms with Crippen molar-refractivity contribution in [3.63, 3.8) is 0 Å². The van der Waals surface area contributed by atoms with E-state index >= 15 is 0 Å². The molecule has 1 aromatic rings. The number of aryl methyl sites for hydroxylation is 1. The van der Waals surface area contributed by atoms with Crippen LogP contribution in [0.5, 0.6) is 0 Å². The Kier molecular flexibility index (Phi) is 3.96. The lowest BCUT2D eigenvalue weighted by molar-refractivity contribution is -0.133. The molecule has 1 amide bonds. The van der Waals surface area contributed by atoms with Crippen LogP contribution in [0.4, 0.5) is 0 Å². The number of rotatable bonds is 3. The number of hydrogen-bond acceptors (Lipinski definition) is 4. The molecule has 0 radical (unpaired) electrons. The summed E-state index contributed by atoms with van der Waals surface area (Å²) in [6.45, 7) is 3.45. The normalized spacial score (nSPS) is 21.9. The first-order valence-corrected chi connectivity index (χ1v) is 6.51. The molecule has 2 atom stereocenters. The van der Waals surface area contributed by atoms with Crippen LogP contribution >= 0.6 is 0 Å². The molecular weight excluding hydrogens is 230 g/mol. The summed E-state index contributed by atoms with van der Waals surface area (Å²) in [6.07, 6.45) is 4.44. The third-order valence-corrected chi connectivity index (χ3v) is 3.60. The maximum atomic E-state index is 12.1. The molecule has 6 heteroatoms. The summed E-state index contributed by atoms with van der Waals surface area (Å²) >= 11 is 0. The summed E-state index contributed by atoms with van der Waals surface area (Å²) in [5.74, 6) is 1.29. The molecule has 0 saturated carbocycles. The molecule has 18 heavy (non-hydrogen) atoms. The summed E-state index contributed by atoms with van der Waals surface area (Å²) in [6, 6.07) is -0.372. The third kappa shape index (κ3) is 2.53. The van der Waals surface area contributed by atoms with E-state index in [9.17, 15) is 4.79 Å². The molecule has 2 rings (SSSR count). The molecule has 6 nitrogen and oxygen atoms in total. The molecule has 100 valence electrons. The summed E-state index contributed by atoms with van der Waals surface area (Å²) in [5, 5.41) is 8.04. The molecule has 0 aliphatic carbocycles. The molecule has 1 fully saturated rings. The van der Waals surface area contributed by atoms with E-state index < -0.39 is 0 Å². The van der Waals surface area contributed by atoms with Crippen LogP contribution in [-0.2, 0) is 11.8 Å². The van der Waals surface area contributed by atoms with E-state index in [2.05, 4.69) is 10.2 Å². The molecule has 2 heterocycles. The Labute approximate surface area is 107 Å². The molecule has 1 unspecified atom stereocenters. The Morgan fingerprint density at radius 1 is 1.67 bits per heavy atom. The Morgan fingerprint density at radius 2 is 2.44 bits per heavy atom. The van der Waals surface area contributed by atoms with Crippen molar-refractivity contribution in [1.82, 2.24) is 19.7 Å². The number of nitrogens with two attached hydrogens (primary N) is 1. The Hall–Kier alpha value is -1.43. The van der Waals surface area contributed by atoms with Gasteiger partial charge < -0.3 is 15.2 Å². The van der Waals surface area contributed by atoms with Gasteiger partial charge >= 0.3 is 0 Å². The number of aromatic nitrogens is 3. The van der Waals surface area contributed by atoms with Crippen molar-refractivity contribution in [2.45, 2.75) is 38.1 Å². The van der Waals surface area contributed by atoms with Crippen molar-refractivity contribution in [2.24, 2.45) is 12.8 Å². The second kappa shape index (κ2) is 5.48. The molecular formula is C12H21N5O. The summed E-state index contributed by atoms with van der Waals surface area (Å²) < 4.78 is 1.93. The van der Waals surface area contributed by atoms with Crippen molar-refractivity contribution in [3.05, 3.63) is 12.2 Å². The Morgan fingerprint density at radius 3 is 3.06 bits per heavy atom. The zero-order chi connectivity index (χ0) is 13.1. The average Bonchev–Trinajstić information content (AvgIpc) is 2.83. The van der Waals surface area contributed by atoms with Crippen LogP contribution < -0.4 is 5.73 Å². The minimum Gasteiger partial charge on any atom is -0.341 e. The topological polar surface area (TPSA) is 77.0 Å². The highest BCUT2D eigenvalue weighted by Crippen LogP contribution is 2.25. The lowest BCUT2D eigenvalue weighted by Crippen LogP contribution is -2.47. The molecule has 0 bridgehead atoms. The Balaban J connectivity index is 2.05. The number of likely N-dealkylation sites (tertiary alicyclic amines) is 1. The van der Waals surface area contributed by atoms with Gasteiger partial charge in [-0.3, -0.25) is 4.79 Å². The van der Waals surface area contributed by atoms with E-state index in [1.165, 1.54) is 0 Å². The number of carbonyl (C=O) groups excluding carboxylic acids is 1. The van der Waals surface area contributed by atoms with Crippen LogP contribution in [0.2, 0.25) is 0 Å². The van der Waals surface area contributed by atoms with Crippen LogP contribution in [0, 0.1) is 0 Å². The van der Waals surface area contributed by atoms with Crippen LogP contribution in [-0.4, -0.2) is 44.7 Å². The van der Waals surface area contributed by atoms with E-state index in [1.807, 2.05) is 23.4 Å². The van der Waals surface area contributed by atoms with Crippen molar-refractivity contribution in [1.29, 1.82) is 0 Å². The maximum Gasteiger partial charge on any atom is 0.239 e. The van der Waals surface area contributed by atoms with Gasteiger partial charge in [0, 0.05) is 26.1 Å². The first kappa shape index (κ1) is 13.0. The van der Waals surface area contributed by atoms with Gasteiger partial charge in [0.15, 0.2) is 0 Å². The summed E-state index contributed by atoms with van der Waals surface area (Å²) in [7, 11) is 1.94. The maximum absolute atomic E-state index is 12.1. The van der Waals surface area contributed by atoms with Crippen molar-refractivity contribution < 1.29 is 4.79 Å². The largest absolute Gasteiger partial charge is 0.341 e. The van der Waals surface area contributed by atoms with Gasteiger partial charge in [-0.15, -0.1) is 10.2 Å². The molecule has 0 spiro atoms. The standard InChI is InChI=1S/C12H21N5O/c1-3-10(13)12(18)17-6-4-5-9(7-17)11-15-14-8-16(11)2/h8-10H,3-7,13H2,1-2H3/t9?,10-/m1/s1. The lowest BCUT2D eigenvalue weighted by Gasteiger charge is -2.33. The predicted molar refractivity (Wildman–Crippen MR) is 67.8 cm³/mol. The summed E-state index contributed by atoms with van der Waals surface area (Å²) in [4.78, 5) is 14.0. The smallest absolute Gasteiger partial charge is 0.239 e. The zero-order valence-corrected chi connectivity index (χ0v) is 11.0. The number of carbonyl (C=O) groups is 1. The minimum absolute atomic E-state index is 0.0596. The number of piperidine rings is 1. The van der Waals surface area contributed by atoms with Gasteiger partial charge in [0.1, 0.15) is 12.2 Å². The van der Waals surface area contributed by atoms with E-state index in [4.69, 9.17) is 5.73 Å². The van der Waals surface area contributed by atoms with Gasteiger partial charge in [-0.2, -0.15) is 0 Å². The van der Waals surface area contributed by atoms with E-state index in [1.54, 1.807) is 6.33 Å². The molecule has 1 aliphatic rings. The minimum atomic E-state index is -0.372. The first-order chi connectivity index (χ1) is 8.63. The van der Waals surface area contributed by atoms with Gasteiger partial charge in [-0.05, 0) is 19.3 Å². The number of nitrogens with zero attached hydrogens (tertiary/aromatic N) is 4. The fourth-order valence-electron chi connectivity index (χ4n) is 2.46. The van der Waals surface area contributed by atoms with Gasteiger partial charge in [0.05, 0.1) is 6.04 Å². The van der Waals surface area contributed by atoms with E-state index in [-0.39, 0.29) is 17.9 Å². The zero-order valence-electron chi connectivity index (χ0n) is 11.0. The van der Waals surface area contributed by atoms with Crippen LogP contribution in [0.3, 0.4) is 0 Å². The highest BCUT2D eigenvalue weighted by Gasteiger charge is 2.29. The first-order valence-electron chi connectivity index (χ1n) is 6.51. The van der Waals surface area contributed by atoms with E-state index in [0.29, 0.717) is 13.0 Å². The second-order valence-corrected chi connectivity index (χ2v) is 4.94. The van der Waals surface area contributed by atoms with Gasteiger partial charge in [-0.1, -0.05) is 6.92 Å². The second-order valence-electron chi connectivity index (χ2n) is 4.94. The predicted octanol–water partition coefficient (Wildman–Crippen LogP) is 0.258. The van der Waals surface area contributed by atoms with Crippen molar-refractivity contribution in [2.75, 3.05) is 13.1 Å². The Bertz CT molecular complexity index is 416. The van der Waals surface area contributed by atoms with Gasteiger partial charge in [0.2, 0.25) is 5.91 Å². The number of amides is 1. The average molecular weight is 251 g/mol. The van der Waals surface area contributed by atoms with Crippen LogP contribution in [0.25, 0.3) is 0 Å². The monoisotopic (exact) mass is 251 g/mol. The lowest BCUT2D eigenvalue weighted by atomic mass is 9.96. The fraction of sp³-hybridized carbons (Fsp3) is 0.750. The van der Waals surface area contributed by atoms with Crippen LogP contribution in [0.1, 0.15) is 37.9 Å². The fourth-order valence-corrected chi connectivity index (χ4v) is 2.46. The van der Waals surface area contributed by atoms with E-state index in [0.717, 1.165) is 25.2 Å². The van der Waals surface area contributed by atoms with Crippen LogP contribution in [0.15, 0.2) is 6.33 Å². The molecule has 0 aromatic carbocycles.